The summed E-state index contributed by atoms with van der Waals surface area (Å²) in [5, 5.41) is 5.81. The number of aromatic nitrogens is 6. The van der Waals surface area contributed by atoms with Crippen molar-refractivity contribution in [1.82, 2.24) is 29.7 Å². The van der Waals surface area contributed by atoms with Crippen LogP contribution in [-0.2, 0) is 0 Å². The maximum absolute atomic E-state index is 12.0. The molecule has 11 heteroatoms. The molecule has 3 N–H and O–H groups in total. The van der Waals surface area contributed by atoms with Crippen molar-refractivity contribution in [3.63, 3.8) is 0 Å². The third-order valence-electron chi connectivity index (χ3n) is 2.40. The summed E-state index contributed by atoms with van der Waals surface area (Å²) in [6, 6.07) is -0.820. The molecule has 0 aromatic carbocycles. The minimum absolute atomic E-state index is 0.0347. The first kappa shape index (κ1) is 11.8. The molecule has 0 unspecified atom stereocenters. The van der Waals surface area contributed by atoms with Crippen molar-refractivity contribution < 1.29 is 9.32 Å². The van der Waals surface area contributed by atoms with Gasteiger partial charge in [-0.25, -0.2) is 19.1 Å². The van der Waals surface area contributed by atoms with Crippen LogP contribution in [0.15, 0.2) is 20.4 Å². The van der Waals surface area contributed by atoms with E-state index in [1.165, 1.54) is 0 Å². The Kier molecular flexibility index (Phi) is 2.45. The zero-order valence-corrected chi connectivity index (χ0v) is 10.00. The molecular weight excluding hydrogens is 270 g/mol. The van der Waals surface area contributed by atoms with Crippen molar-refractivity contribution in [2.75, 3.05) is 5.32 Å². The topological polar surface area (TPSA) is 152 Å². The van der Waals surface area contributed by atoms with E-state index in [1.807, 2.05) is 4.98 Å². The number of anilines is 1. The zero-order valence-electron chi connectivity index (χ0n) is 10.00. The van der Waals surface area contributed by atoms with Gasteiger partial charge in [0.2, 0.25) is 0 Å². The first-order valence-electron chi connectivity index (χ1n) is 5.36. The van der Waals surface area contributed by atoms with Gasteiger partial charge in [0, 0.05) is 0 Å². The third kappa shape index (κ3) is 1.86. The molecule has 0 saturated carbocycles. The van der Waals surface area contributed by atoms with Crippen molar-refractivity contribution in [1.29, 1.82) is 0 Å². The summed E-state index contributed by atoms with van der Waals surface area (Å²) in [5.41, 5.74) is -1.54. The normalized spacial score (nSPS) is 10.8. The second-order valence-electron chi connectivity index (χ2n) is 3.80. The average molecular weight is 277 g/mol. The molecule has 0 radical (unpaired) electrons. The van der Waals surface area contributed by atoms with Crippen LogP contribution in [0.3, 0.4) is 0 Å². The lowest BCUT2D eigenvalue weighted by Crippen LogP contribution is -2.25. The Morgan fingerprint density at radius 1 is 1.40 bits per heavy atom. The summed E-state index contributed by atoms with van der Waals surface area (Å²) in [7, 11) is 0. The average Bonchev–Trinajstić information content (AvgIpc) is 2.95. The Bertz CT molecular complexity index is 914. The molecule has 3 aromatic heterocycles. The number of nitrogens with zero attached hydrogens (tertiary/aromatic N) is 4. The molecule has 0 saturated heterocycles. The quantitative estimate of drug-likeness (QED) is 0.525. The number of H-pyrrole nitrogens is 2. The zero-order chi connectivity index (χ0) is 14.3. The van der Waals surface area contributed by atoms with Gasteiger partial charge in [0.05, 0.1) is 0 Å². The number of hydrogen-bond acceptors (Lipinski definition) is 7. The van der Waals surface area contributed by atoms with E-state index in [0.29, 0.717) is 5.82 Å². The van der Waals surface area contributed by atoms with Crippen molar-refractivity contribution >= 4 is 23.2 Å². The number of imidazole rings is 1. The number of carbonyl (C=O) groups is 1. The van der Waals surface area contributed by atoms with Crippen molar-refractivity contribution in [3.05, 3.63) is 33.0 Å². The second-order valence-corrected chi connectivity index (χ2v) is 3.80. The van der Waals surface area contributed by atoms with Gasteiger partial charge in [-0.2, -0.15) is 4.98 Å². The number of aromatic amines is 2. The number of carbonyl (C=O) groups excluding carboxylic acids is 1. The number of fused-ring (bicyclic) bond motifs is 1. The third-order valence-corrected chi connectivity index (χ3v) is 2.40. The highest BCUT2D eigenvalue weighted by Crippen LogP contribution is 2.06. The summed E-state index contributed by atoms with van der Waals surface area (Å²) >= 11 is 0. The van der Waals surface area contributed by atoms with Gasteiger partial charge in [-0.15, -0.1) is 0 Å². The smallest absolute Gasteiger partial charge is 0.315 e. The van der Waals surface area contributed by atoms with Crippen LogP contribution in [0.5, 0.6) is 0 Å². The Balaban J connectivity index is 2.04. The van der Waals surface area contributed by atoms with Gasteiger partial charge in [0.1, 0.15) is 6.33 Å². The predicted octanol–water partition coefficient (Wildman–Crippen LogP) is -0.815. The van der Waals surface area contributed by atoms with Gasteiger partial charge in [-0.3, -0.25) is 20.1 Å². The van der Waals surface area contributed by atoms with Gasteiger partial charge in [-0.1, -0.05) is 5.16 Å². The molecule has 0 spiro atoms. The summed E-state index contributed by atoms with van der Waals surface area (Å²) < 4.78 is 5.68. The lowest BCUT2D eigenvalue weighted by atomic mass is 10.5. The highest BCUT2D eigenvalue weighted by atomic mass is 16.5. The molecule has 20 heavy (non-hydrogen) atoms. The van der Waals surface area contributed by atoms with Gasteiger partial charge < -0.3 is 4.52 Å². The fourth-order valence-electron chi connectivity index (χ4n) is 1.59. The molecule has 0 aliphatic heterocycles. The van der Waals surface area contributed by atoms with E-state index in [1.54, 1.807) is 6.92 Å². The van der Waals surface area contributed by atoms with Gasteiger partial charge >= 0.3 is 17.7 Å². The van der Waals surface area contributed by atoms with Crippen LogP contribution in [0.2, 0.25) is 0 Å². The number of hydrogen-bond donors (Lipinski definition) is 3. The van der Waals surface area contributed by atoms with Gasteiger partial charge in [0.15, 0.2) is 17.0 Å². The summed E-state index contributed by atoms with van der Waals surface area (Å²) in [6.45, 7) is 1.59. The molecule has 0 bridgehead atoms. The molecule has 3 rings (SSSR count). The minimum atomic E-state index is -0.745. The van der Waals surface area contributed by atoms with E-state index in [4.69, 9.17) is 4.52 Å². The fraction of sp³-hybridized carbons (Fsp3) is 0.111. The lowest BCUT2D eigenvalue weighted by molar-refractivity contribution is 0.253. The van der Waals surface area contributed by atoms with Crippen molar-refractivity contribution in [2.24, 2.45) is 0 Å². The number of nitrogens with one attached hydrogen (secondary N) is 3. The van der Waals surface area contributed by atoms with E-state index in [2.05, 4.69) is 25.4 Å². The van der Waals surface area contributed by atoms with E-state index in [-0.39, 0.29) is 17.2 Å². The largest absolute Gasteiger partial charge is 0.336 e. The van der Waals surface area contributed by atoms with Crippen LogP contribution in [0, 0.1) is 6.92 Å². The monoisotopic (exact) mass is 277 g/mol. The summed E-state index contributed by atoms with van der Waals surface area (Å²) in [5.74, 6) is 0.348. The van der Waals surface area contributed by atoms with Crippen LogP contribution < -0.4 is 16.6 Å². The van der Waals surface area contributed by atoms with E-state index in [0.717, 1.165) is 10.9 Å². The first-order valence-corrected chi connectivity index (χ1v) is 5.36. The van der Waals surface area contributed by atoms with Crippen LogP contribution in [0.25, 0.3) is 11.2 Å². The van der Waals surface area contributed by atoms with E-state index >= 15 is 0 Å². The van der Waals surface area contributed by atoms with Crippen LogP contribution in [-0.4, -0.2) is 35.7 Å². The molecule has 0 aliphatic carbocycles. The predicted molar refractivity (Wildman–Crippen MR) is 64.4 cm³/mol. The fourth-order valence-corrected chi connectivity index (χ4v) is 1.59. The molecule has 0 atom stereocenters. The second kappa shape index (κ2) is 4.15. The Labute approximate surface area is 108 Å². The number of rotatable bonds is 1. The molecule has 11 nitrogen and oxygen atoms in total. The van der Waals surface area contributed by atoms with Crippen molar-refractivity contribution in [2.45, 2.75) is 6.92 Å². The van der Waals surface area contributed by atoms with Gasteiger partial charge in [-0.05, 0) is 6.92 Å². The van der Waals surface area contributed by atoms with E-state index < -0.39 is 17.3 Å². The van der Waals surface area contributed by atoms with Gasteiger partial charge in [0.25, 0.3) is 5.56 Å². The molecule has 102 valence electrons. The SMILES string of the molecule is Cc1noc(NC(=O)n2cnc3c(=O)[nH]c(=O)[nH]c32)n1. The standard InChI is InChI=1S/C9H7N7O4/c1-3-11-8(20-15-3)14-9(19)16-2-10-4-5(16)12-7(18)13-6(4)17/h2H,1H3,(H,11,14,15,19)(H2,12,13,17,18). The maximum Gasteiger partial charge on any atom is 0.336 e. The highest BCUT2D eigenvalue weighted by molar-refractivity contribution is 5.94. The lowest BCUT2D eigenvalue weighted by Gasteiger charge is -2.01. The van der Waals surface area contributed by atoms with Crippen LogP contribution in [0.1, 0.15) is 5.82 Å². The molecule has 3 heterocycles. The van der Waals surface area contributed by atoms with E-state index in [9.17, 15) is 14.4 Å². The summed E-state index contributed by atoms with van der Waals surface area (Å²) in [4.78, 5) is 46.5. The maximum atomic E-state index is 12.0. The Morgan fingerprint density at radius 2 is 2.20 bits per heavy atom. The minimum Gasteiger partial charge on any atom is -0.315 e. The first-order chi connectivity index (χ1) is 9.54. The molecule has 3 aromatic rings. The molecule has 0 fully saturated rings. The molecular formula is C9H7N7O4. The highest BCUT2D eigenvalue weighted by Gasteiger charge is 2.15. The molecule has 1 amide bonds. The van der Waals surface area contributed by atoms with Crippen LogP contribution >= 0.6 is 0 Å². The summed E-state index contributed by atoms with van der Waals surface area (Å²) in [6.07, 6.45) is 1.09. The Morgan fingerprint density at radius 3 is 2.90 bits per heavy atom. The number of aryl methyl sites for hydroxylation is 1. The Hall–Kier alpha value is -3.24. The number of amides is 1. The van der Waals surface area contributed by atoms with Crippen LogP contribution in [0.4, 0.5) is 10.8 Å². The van der Waals surface area contributed by atoms with Crippen molar-refractivity contribution in [3.8, 4) is 0 Å². The molecule has 0 aliphatic rings.